The average molecular weight is 511 g/mol. The van der Waals surface area contributed by atoms with Gasteiger partial charge >= 0.3 is 0 Å². The van der Waals surface area contributed by atoms with Crippen LogP contribution in [0.4, 0.5) is 17.2 Å². The van der Waals surface area contributed by atoms with Crippen molar-refractivity contribution in [3.63, 3.8) is 0 Å². The van der Waals surface area contributed by atoms with Crippen LogP contribution in [0.2, 0.25) is 0 Å². The van der Waals surface area contributed by atoms with Crippen molar-refractivity contribution in [2.24, 2.45) is 12.5 Å². The number of rotatable bonds is 5. The first kappa shape index (κ1) is 24.4. The Morgan fingerprint density at radius 3 is 2.66 bits per heavy atom. The van der Waals surface area contributed by atoms with Crippen LogP contribution in [0, 0.1) is 5.41 Å². The molecule has 1 saturated heterocycles. The molecule has 1 amide bonds. The number of hydrogen-bond acceptors (Lipinski definition) is 6. The van der Waals surface area contributed by atoms with Crippen molar-refractivity contribution in [2.75, 3.05) is 23.3 Å². The summed E-state index contributed by atoms with van der Waals surface area (Å²) in [4.78, 5) is 24.5. The second-order valence-electron chi connectivity index (χ2n) is 11.4. The quantitative estimate of drug-likeness (QED) is 0.350. The van der Waals surface area contributed by atoms with Gasteiger partial charge in [0.1, 0.15) is 11.5 Å². The minimum absolute atomic E-state index is 0.119. The second kappa shape index (κ2) is 8.84. The molecule has 8 nitrogen and oxygen atoms in total. The fourth-order valence-corrected chi connectivity index (χ4v) is 5.81. The summed E-state index contributed by atoms with van der Waals surface area (Å²) in [7, 11) is 1.97. The Labute approximate surface area is 222 Å². The Bertz CT molecular complexity index is 1540. The molecule has 0 spiro atoms. The first-order valence-electron chi connectivity index (χ1n) is 13.2. The van der Waals surface area contributed by atoms with Gasteiger partial charge in [-0.05, 0) is 74.2 Å². The number of aromatic nitrogens is 3. The lowest BCUT2D eigenvalue weighted by Crippen LogP contribution is -2.52. The number of aliphatic hydroxyl groups is 1. The normalized spacial score (nSPS) is 19.5. The molecule has 2 aliphatic heterocycles. The number of amides is 1. The lowest BCUT2D eigenvalue weighted by Gasteiger charge is -2.48. The molecule has 38 heavy (non-hydrogen) atoms. The summed E-state index contributed by atoms with van der Waals surface area (Å²) in [6, 6.07) is 12.3. The number of piperidine rings is 1. The van der Waals surface area contributed by atoms with Gasteiger partial charge in [-0.1, -0.05) is 6.92 Å². The maximum absolute atomic E-state index is 12.9. The Morgan fingerprint density at radius 1 is 1.11 bits per heavy atom. The fraction of sp³-hybridized carbons (Fsp3) is 0.367. The summed E-state index contributed by atoms with van der Waals surface area (Å²) < 4.78 is 1.99. The number of aryl methyl sites for hydroxylation is 1. The second-order valence-corrected chi connectivity index (χ2v) is 11.4. The zero-order chi connectivity index (χ0) is 26.7. The SMILES string of the molecule is Cn1ccc2c(-c3cnc(Nc4ccc(N5CCC[C@](C)(C(C)(C)O)C5)cc4)c4c3CNC4=O)ccnc21. The summed E-state index contributed by atoms with van der Waals surface area (Å²) in [5, 5.41) is 18.1. The molecule has 1 fully saturated rings. The lowest BCUT2D eigenvalue weighted by molar-refractivity contribution is -0.0522. The van der Waals surface area contributed by atoms with E-state index in [-0.39, 0.29) is 11.3 Å². The summed E-state index contributed by atoms with van der Waals surface area (Å²) in [6.07, 6.45) is 7.70. The summed E-state index contributed by atoms with van der Waals surface area (Å²) in [5.74, 6) is 0.434. The molecule has 3 aromatic heterocycles. The number of hydrogen-bond donors (Lipinski definition) is 3. The van der Waals surface area contributed by atoms with Crippen LogP contribution >= 0.6 is 0 Å². The predicted octanol–water partition coefficient (Wildman–Crippen LogP) is 5.00. The van der Waals surface area contributed by atoms with Crippen LogP contribution in [0.25, 0.3) is 22.2 Å². The van der Waals surface area contributed by atoms with E-state index in [1.165, 1.54) is 0 Å². The molecule has 4 aromatic rings. The molecule has 0 saturated carbocycles. The van der Waals surface area contributed by atoms with E-state index in [0.717, 1.165) is 65.0 Å². The highest BCUT2D eigenvalue weighted by atomic mass is 16.3. The molecular formula is C30H34N6O2. The smallest absolute Gasteiger partial charge is 0.255 e. The van der Waals surface area contributed by atoms with Gasteiger partial charge in [-0.3, -0.25) is 4.79 Å². The zero-order valence-electron chi connectivity index (χ0n) is 22.4. The molecule has 6 rings (SSSR count). The largest absolute Gasteiger partial charge is 0.390 e. The van der Waals surface area contributed by atoms with Gasteiger partial charge in [0.15, 0.2) is 0 Å². The monoisotopic (exact) mass is 510 g/mol. The molecule has 0 radical (unpaired) electrons. The van der Waals surface area contributed by atoms with Gasteiger partial charge in [0, 0.05) is 73.0 Å². The van der Waals surface area contributed by atoms with E-state index in [2.05, 4.69) is 45.6 Å². The van der Waals surface area contributed by atoms with Crippen molar-refractivity contribution in [1.29, 1.82) is 0 Å². The van der Waals surface area contributed by atoms with E-state index >= 15 is 0 Å². The van der Waals surface area contributed by atoms with Crippen molar-refractivity contribution in [1.82, 2.24) is 19.9 Å². The minimum Gasteiger partial charge on any atom is -0.390 e. The number of pyridine rings is 2. The van der Waals surface area contributed by atoms with Crippen LogP contribution in [0.1, 0.15) is 49.5 Å². The van der Waals surface area contributed by atoms with Gasteiger partial charge in [0.25, 0.3) is 5.91 Å². The third-order valence-electron chi connectivity index (χ3n) is 8.57. The van der Waals surface area contributed by atoms with Crippen LogP contribution in [-0.2, 0) is 13.6 Å². The molecule has 0 bridgehead atoms. The number of carbonyl (C=O) groups excluding carboxylic acids is 1. The van der Waals surface area contributed by atoms with E-state index < -0.39 is 5.60 Å². The molecule has 196 valence electrons. The van der Waals surface area contributed by atoms with Gasteiger partial charge in [-0.15, -0.1) is 0 Å². The van der Waals surface area contributed by atoms with E-state index in [0.29, 0.717) is 17.9 Å². The van der Waals surface area contributed by atoms with Crippen molar-refractivity contribution in [2.45, 2.75) is 45.8 Å². The van der Waals surface area contributed by atoms with E-state index in [4.69, 9.17) is 4.98 Å². The first-order valence-corrected chi connectivity index (χ1v) is 13.2. The van der Waals surface area contributed by atoms with E-state index in [1.807, 2.05) is 56.1 Å². The number of carbonyl (C=O) groups is 1. The molecule has 1 aromatic carbocycles. The number of anilines is 3. The minimum atomic E-state index is -0.742. The zero-order valence-corrected chi connectivity index (χ0v) is 22.4. The van der Waals surface area contributed by atoms with E-state index in [9.17, 15) is 9.90 Å². The number of nitrogens with one attached hydrogen (secondary N) is 2. The Morgan fingerprint density at radius 2 is 1.89 bits per heavy atom. The fourth-order valence-electron chi connectivity index (χ4n) is 5.81. The van der Waals surface area contributed by atoms with Crippen molar-refractivity contribution in [3.05, 3.63) is 66.1 Å². The Hall–Kier alpha value is -3.91. The summed E-state index contributed by atoms with van der Waals surface area (Å²) >= 11 is 0. The molecular weight excluding hydrogens is 476 g/mol. The highest BCUT2D eigenvalue weighted by Gasteiger charge is 2.42. The van der Waals surface area contributed by atoms with Gasteiger partial charge in [0.05, 0.1) is 11.2 Å². The standard InChI is InChI=1S/C30H34N6O2/c1-29(2,38)30(3)12-5-14-36(18-30)20-8-6-19(7-9-20)34-26-25-24(17-33-28(25)37)23(16-32-26)21-10-13-31-27-22(21)11-15-35(27)4/h6-11,13,15-16,38H,5,12,14,17-18H2,1-4H3,(H,32,34)(H,33,37)/t30-/m0/s1. The number of nitrogens with zero attached hydrogens (tertiary/aromatic N) is 4. The van der Waals surface area contributed by atoms with Gasteiger partial charge in [-0.2, -0.15) is 0 Å². The topological polar surface area (TPSA) is 95.3 Å². The number of benzene rings is 1. The molecule has 3 N–H and O–H groups in total. The van der Waals surface area contributed by atoms with Gasteiger partial charge in [-0.25, -0.2) is 9.97 Å². The Kier molecular flexibility index (Phi) is 5.68. The van der Waals surface area contributed by atoms with E-state index in [1.54, 1.807) is 6.20 Å². The predicted molar refractivity (Wildman–Crippen MR) is 151 cm³/mol. The summed E-state index contributed by atoms with van der Waals surface area (Å²) in [6.45, 7) is 8.24. The van der Waals surface area contributed by atoms with Crippen LogP contribution in [0.5, 0.6) is 0 Å². The highest BCUT2D eigenvalue weighted by molar-refractivity contribution is 6.06. The highest BCUT2D eigenvalue weighted by Crippen LogP contribution is 2.41. The average Bonchev–Trinajstić information content (AvgIpc) is 3.47. The molecule has 1 atom stereocenters. The van der Waals surface area contributed by atoms with Crippen LogP contribution in [-0.4, -0.2) is 44.2 Å². The van der Waals surface area contributed by atoms with Crippen molar-refractivity contribution >= 4 is 34.1 Å². The molecule has 8 heteroatoms. The van der Waals surface area contributed by atoms with Crippen LogP contribution in [0.3, 0.4) is 0 Å². The van der Waals surface area contributed by atoms with Crippen molar-refractivity contribution in [3.8, 4) is 11.1 Å². The van der Waals surface area contributed by atoms with Crippen molar-refractivity contribution < 1.29 is 9.90 Å². The van der Waals surface area contributed by atoms with Crippen LogP contribution < -0.4 is 15.5 Å². The molecule has 5 heterocycles. The van der Waals surface area contributed by atoms with Crippen LogP contribution in [0.15, 0.2) is 55.0 Å². The number of fused-ring (bicyclic) bond motifs is 2. The van der Waals surface area contributed by atoms with Gasteiger partial charge in [0.2, 0.25) is 0 Å². The molecule has 0 aliphatic carbocycles. The third kappa shape index (κ3) is 4.00. The maximum Gasteiger partial charge on any atom is 0.255 e. The summed E-state index contributed by atoms with van der Waals surface area (Å²) in [5.41, 5.74) is 5.48. The first-order chi connectivity index (χ1) is 18.1. The molecule has 2 aliphatic rings. The Balaban J connectivity index is 1.28. The lowest BCUT2D eigenvalue weighted by atomic mass is 9.70. The molecule has 0 unspecified atom stereocenters. The van der Waals surface area contributed by atoms with Gasteiger partial charge < -0.3 is 25.2 Å². The maximum atomic E-state index is 12.9. The third-order valence-corrected chi connectivity index (χ3v) is 8.57.